The Morgan fingerprint density at radius 2 is 1.94 bits per heavy atom. The molecule has 0 aliphatic heterocycles. The third kappa shape index (κ3) is 4.21. The van der Waals surface area contributed by atoms with Crippen LogP contribution < -0.4 is 0 Å². The first kappa shape index (κ1) is 13.0. The second-order valence-electron chi connectivity index (χ2n) is 4.33. The normalized spacial score (nSPS) is 10.6. The van der Waals surface area contributed by atoms with Crippen molar-refractivity contribution in [3.63, 3.8) is 0 Å². The van der Waals surface area contributed by atoms with Crippen LogP contribution >= 0.6 is 0 Å². The number of hydrogen-bond donors (Lipinski definition) is 0. The predicted octanol–water partition coefficient (Wildman–Crippen LogP) is 4.05. The number of carbonyl (C=O) groups excluding carboxylic acids is 1. The number of nitrogens with zero attached hydrogens (tertiary/aromatic N) is 1. The SMILES string of the molecule is CCCCCCCn1ccc(C(=O)CC)c1. The number of aryl methyl sites for hydroxylation is 1. The fourth-order valence-electron chi connectivity index (χ4n) is 1.85. The molecule has 0 N–H and O–H groups in total. The van der Waals surface area contributed by atoms with Gasteiger partial charge in [0, 0.05) is 30.9 Å². The lowest BCUT2D eigenvalue weighted by atomic mass is 10.1. The van der Waals surface area contributed by atoms with Crippen LogP contribution in [0.3, 0.4) is 0 Å². The Labute approximate surface area is 98.7 Å². The Morgan fingerprint density at radius 1 is 1.19 bits per heavy atom. The summed E-state index contributed by atoms with van der Waals surface area (Å²) in [7, 11) is 0. The van der Waals surface area contributed by atoms with Crippen molar-refractivity contribution in [1.29, 1.82) is 0 Å². The first-order valence-electron chi connectivity index (χ1n) is 6.47. The van der Waals surface area contributed by atoms with Gasteiger partial charge in [0.2, 0.25) is 0 Å². The van der Waals surface area contributed by atoms with Crippen LogP contribution in [0, 0.1) is 0 Å². The maximum atomic E-state index is 11.4. The van der Waals surface area contributed by atoms with Gasteiger partial charge in [-0.25, -0.2) is 0 Å². The van der Waals surface area contributed by atoms with Crippen LogP contribution in [0.2, 0.25) is 0 Å². The third-order valence-corrected chi connectivity index (χ3v) is 2.91. The van der Waals surface area contributed by atoms with E-state index in [0.29, 0.717) is 6.42 Å². The van der Waals surface area contributed by atoms with Gasteiger partial charge in [-0.3, -0.25) is 4.79 Å². The molecule has 0 aliphatic rings. The van der Waals surface area contributed by atoms with Crippen LogP contribution in [0.5, 0.6) is 0 Å². The lowest BCUT2D eigenvalue weighted by molar-refractivity contribution is 0.0988. The van der Waals surface area contributed by atoms with Gasteiger partial charge in [-0.15, -0.1) is 0 Å². The standard InChI is InChI=1S/C14H23NO/c1-3-5-6-7-8-10-15-11-9-13(12-15)14(16)4-2/h9,11-12H,3-8,10H2,1-2H3. The maximum absolute atomic E-state index is 11.4. The number of Topliss-reactive ketones (excluding diaryl/α,β-unsaturated/α-hetero) is 1. The van der Waals surface area contributed by atoms with Crippen molar-refractivity contribution in [2.24, 2.45) is 0 Å². The molecule has 0 fully saturated rings. The van der Waals surface area contributed by atoms with Gasteiger partial charge in [0.1, 0.15) is 0 Å². The molecule has 0 amide bonds. The highest BCUT2D eigenvalue weighted by Gasteiger charge is 2.04. The fraction of sp³-hybridized carbons (Fsp3) is 0.643. The molecule has 0 aliphatic carbocycles. The van der Waals surface area contributed by atoms with E-state index in [4.69, 9.17) is 0 Å². The molecular weight excluding hydrogens is 198 g/mol. The van der Waals surface area contributed by atoms with E-state index in [1.54, 1.807) is 0 Å². The van der Waals surface area contributed by atoms with Gasteiger partial charge in [-0.1, -0.05) is 39.5 Å². The molecule has 0 unspecified atom stereocenters. The van der Waals surface area contributed by atoms with Crippen molar-refractivity contribution < 1.29 is 4.79 Å². The second-order valence-corrected chi connectivity index (χ2v) is 4.33. The van der Waals surface area contributed by atoms with Crippen LogP contribution in [-0.2, 0) is 6.54 Å². The number of unbranched alkanes of at least 4 members (excludes halogenated alkanes) is 4. The van der Waals surface area contributed by atoms with E-state index >= 15 is 0 Å². The molecule has 0 saturated carbocycles. The quantitative estimate of drug-likeness (QED) is 0.479. The Hall–Kier alpha value is -1.05. The minimum atomic E-state index is 0.240. The van der Waals surface area contributed by atoms with Gasteiger partial charge in [-0.2, -0.15) is 0 Å². The second kappa shape index (κ2) is 7.26. The van der Waals surface area contributed by atoms with Crippen molar-refractivity contribution in [3.8, 4) is 0 Å². The highest BCUT2D eigenvalue weighted by Crippen LogP contribution is 2.08. The van der Waals surface area contributed by atoms with Crippen LogP contribution in [0.1, 0.15) is 62.7 Å². The predicted molar refractivity (Wildman–Crippen MR) is 67.8 cm³/mol. The van der Waals surface area contributed by atoms with E-state index < -0.39 is 0 Å². The summed E-state index contributed by atoms with van der Waals surface area (Å²) < 4.78 is 2.13. The van der Waals surface area contributed by atoms with Gasteiger partial charge in [-0.05, 0) is 12.5 Å². The first-order valence-corrected chi connectivity index (χ1v) is 6.47. The van der Waals surface area contributed by atoms with Crippen LogP contribution in [0.25, 0.3) is 0 Å². The molecule has 1 aromatic rings. The molecule has 1 heterocycles. The molecule has 2 nitrogen and oxygen atoms in total. The molecule has 2 heteroatoms. The maximum Gasteiger partial charge on any atom is 0.164 e. The Morgan fingerprint density at radius 3 is 2.62 bits per heavy atom. The molecular formula is C14H23NO. The van der Waals surface area contributed by atoms with Crippen molar-refractivity contribution in [2.45, 2.75) is 58.9 Å². The van der Waals surface area contributed by atoms with Gasteiger partial charge >= 0.3 is 0 Å². The number of ketones is 1. The summed E-state index contributed by atoms with van der Waals surface area (Å²) >= 11 is 0. The summed E-state index contributed by atoms with van der Waals surface area (Å²) in [6.45, 7) is 5.18. The number of hydrogen-bond acceptors (Lipinski definition) is 1. The number of rotatable bonds is 8. The number of carbonyl (C=O) groups is 1. The van der Waals surface area contributed by atoms with Gasteiger partial charge < -0.3 is 4.57 Å². The van der Waals surface area contributed by atoms with E-state index in [-0.39, 0.29) is 5.78 Å². The lowest BCUT2D eigenvalue weighted by Crippen LogP contribution is -1.97. The highest BCUT2D eigenvalue weighted by molar-refractivity contribution is 5.95. The van der Waals surface area contributed by atoms with Gasteiger partial charge in [0.05, 0.1) is 0 Å². The molecule has 1 rings (SSSR count). The Balaban J connectivity index is 2.27. The summed E-state index contributed by atoms with van der Waals surface area (Å²) in [5.74, 6) is 0.240. The van der Waals surface area contributed by atoms with Crippen molar-refractivity contribution in [3.05, 3.63) is 24.0 Å². The van der Waals surface area contributed by atoms with E-state index in [2.05, 4.69) is 11.5 Å². The minimum Gasteiger partial charge on any atom is -0.354 e. The fourth-order valence-corrected chi connectivity index (χ4v) is 1.85. The molecule has 0 radical (unpaired) electrons. The zero-order chi connectivity index (χ0) is 11.8. The zero-order valence-electron chi connectivity index (χ0n) is 10.5. The molecule has 0 bridgehead atoms. The molecule has 16 heavy (non-hydrogen) atoms. The molecule has 0 saturated heterocycles. The molecule has 90 valence electrons. The topological polar surface area (TPSA) is 22.0 Å². The third-order valence-electron chi connectivity index (χ3n) is 2.91. The monoisotopic (exact) mass is 221 g/mol. The Bertz CT molecular complexity index is 314. The molecule has 0 spiro atoms. The van der Waals surface area contributed by atoms with Crippen molar-refractivity contribution >= 4 is 5.78 Å². The summed E-state index contributed by atoms with van der Waals surface area (Å²) in [4.78, 5) is 11.4. The smallest absolute Gasteiger partial charge is 0.164 e. The minimum absolute atomic E-state index is 0.240. The van der Waals surface area contributed by atoms with E-state index in [1.807, 2.05) is 25.4 Å². The zero-order valence-corrected chi connectivity index (χ0v) is 10.5. The van der Waals surface area contributed by atoms with Crippen LogP contribution in [0.4, 0.5) is 0 Å². The summed E-state index contributed by atoms with van der Waals surface area (Å²) in [5.41, 5.74) is 0.857. The lowest BCUT2D eigenvalue weighted by Gasteiger charge is -2.02. The van der Waals surface area contributed by atoms with Gasteiger partial charge in [0.15, 0.2) is 5.78 Å². The largest absolute Gasteiger partial charge is 0.354 e. The molecule has 1 aromatic heterocycles. The Kier molecular flexibility index (Phi) is 5.91. The van der Waals surface area contributed by atoms with Gasteiger partial charge in [0.25, 0.3) is 0 Å². The summed E-state index contributed by atoms with van der Waals surface area (Å²) in [5, 5.41) is 0. The molecule has 0 aromatic carbocycles. The van der Waals surface area contributed by atoms with E-state index in [1.165, 1.54) is 32.1 Å². The van der Waals surface area contributed by atoms with E-state index in [9.17, 15) is 4.79 Å². The van der Waals surface area contributed by atoms with Crippen LogP contribution in [0.15, 0.2) is 18.5 Å². The van der Waals surface area contributed by atoms with Crippen molar-refractivity contribution in [1.82, 2.24) is 4.57 Å². The molecule has 0 atom stereocenters. The van der Waals surface area contributed by atoms with Crippen molar-refractivity contribution in [2.75, 3.05) is 0 Å². The first-order chi connectivity index (χ1) is 7.77. The summed E-state index contributed by atoms with van der Waals surface area (Å²) in [6, 6.07) is 1.93. The van der Waals surface area contributed by atoms with E-state index in [0.717, 1.165) is 12.1 Å². The highest BCUT2D eigenvalue weighted by atomic mass is 16.1. The average molecular weight is 221 g/mol. The van der Waals surface area contributed by atoms with Crippen LogP contribution in [-0.4, -0.2) is 10.4 Å². The number of aromatic nitrogens is 1. The average Bonchev–Trinajstić information content (AvgIpc) is 2.76. The summed E-state index contributed by atoms with van der Waals surface area (Å²) in [6.07, 6.45) is 11.1.